The summed E-state index contributed by atoms with van der Waals surface area (Å²) in [5.74, 6) is 0. The zero-order valence-electron chi connectivity index (χ0n) is 12.1. The van der Waals surface area contributed by atoms with Gasteiger partial charge in [0.15, 0.2) is 0 Å². The van der Waals surface area contributed by atoms with Crippen molar-refractivity contribution in [2.75, 3.05) is 39.4 Å². The number of hydrogen-bond donors (Lipinski definition) is 1. The molecule has 3 unspecified atom stereocenters. The van der Waals surface area contributed by atoms with E-state index in [9.17, 15) is 0 Å². The fraction of sp³-hybridized carbons (Fsp3) is 0.929. The lowest BCUT2D eigenvalue weighted by Gasteiger charge is -2.33. The van der Waals surface area contributed by atoms with Gasteiger partial charge in [-0.1, -0.05) is 0 Å². The van der Waals surface area contributed by atoms with Gasteiger partial charge in [0, 0.05) is 38.3 Å². The quantitative estimate of drug-likeness (QED) is 0.798. The van der Waals surface area contributed by atoms with Gasteiger partial charge in [0.2, 0.25) is 0 Å². The Labute approximate surface area is 116 Å². The Morgan fingerprint density at radius 1 is 1.42 bits per heavy atom. The minimum Gasteiger partial charge on any atom is -0.379 e. The number of rotatable bonds is 4. The molecule has 0 radical (unpaired) electrons. The molecule has 2 aliphatic heterocycles. The maximum atomic E-state index is 9.03. The summed E-state index contributed by atoms with van der Waals surface area (Å²) in [5, 5.41) is 9.03. The van der Waals surface area contributed by atoms with E-state index in [4.69, 9.17) is 15.7 Å². The molecule has 0 saturated carbocycles. The Morgan fingerprint density at radius 2 is 2.11 bits per heavy atom. The van der Waals surface area contributed by atoms with Gasteiger partial charge >= 0.3 is 0 Å². The number of nitrogens with two attached hydrogens (primary N) is 1. The molecule has 2 saturated heterocycles. The Bertz CT molecular complexity index is 333. The number of ether oxygens (including phenoxy) is 1. The summed E-state index contributed by atoms with van der Waals surface area (Å²) < 4.78 is 5.41. The minimum absolute atomic E-state index is 0.376. The average molecular weight is 266 g/mol. The largest absolute Gasteiger partial charge is 0.379 e. The molecule has 2 aliphatic rings. The molecular weight excluding hydrogens is 240 g/mol. The first-order valence-electron chi connectivity index (χ1n) is 7.28. The second-order valence-corrected chi connectivity index (χ2v) is 6.17. The van der Waals surface area contributed by atoms with E-state index in [-0.39, 0.29) is 0 Å². The van der Waals surface area contributed by atoms with Gasteiger partial charge in [-0.3, -0.25) is 9.80 Å². The molecule has 2 rings (SSSR count). The fourth-order valence-corrected chi connectivity index (χ4v) is 3.20. The average Bonchev–Trinajstić information content (AvgIpc) is 2.89. The zero-order chi connectivity index (χ0) is 13.9. The normalized spacial score (nSPS) is 30.7. The Hall–Kier alpha value is -0.670. The summed E-state index contributed by atoms with van der Waals surface area (Å²) in [4.78, 5) is 5.02. The Balaban J connectivity index is 1.82. The van der Waals surface area contributed by atoms with Crippen LogP contribution in [0.1, 0.15) is 26.7 Å². The highest BCUT2D eigenvalue weighted by atomic mass is 16.5. The molecule has 0 aromatic carbocycles. The lowest BCUT2D eigenvalue weighted by Crippen LogP contribution is -2.47. The third-order valence-electron chi connectivity index (χ3n) is 4.36. The summed E-state index contributed by atoms with van der Waals surface area (Å²) in [6.45, 7) is 10.1. The van der Waals surface area contributed by atoms with Crippen LogP contribution in [0.25, 0.3) is 0 Å². The highest BCUT2D eigenvalue weighted by Crippen LogP contribution is 2.22. The van der Waals surface area contributed by atoms with Crippen molar-refractivity contribution in [3.8, 4) is 6.07 Å². The molecule has 0 spiro atoms. The lowest BCUT2D eigenvalue weighted by molar-refractivity contribution is 0.0176. The van der Waals surface area contributed by atoms with Crippen LogP contribution in [0.4, 0.5) is 0 Å². The summed E-state index contributed by atoms with van der Waals surface area (Å²) in [6.07, 6.45) is 1.96. The van der Waals surface area contributed by atoms with Gasteiger partial charge in [-0.15, -0.1) is 0 Å². The first-order valence-corrected chi connectivity index (χ1v) is 7.28. The molecule has 0 aromatic rings. The molecule has 0 amide bonds. The number of nitriles is 1. The molecule has 2 fully saturated rings. The van der Waals surface area contributed by atoms with Crippen molar-refractivity contribution in [2.24, 2.45) is 5.73 Å². The number of likely N-dealkylation sites (tertiary alicyclic amines) is 1. The minimum atomic E-state index is -0.712. The first kappa shape index (κ1) is 14.7. The van der Waals surface area contributed by atoms with Gasteiger partial charge in [-0.2, -0.15) is 5.26 Å². The van der Waals surface area contributed by atoms with Crippen LogP contribution >= 0.6 is 0 Å². The van der Waals surface area contributed by atoms with Crippen molar-refractivity contribution < 1.29 is 4.74 Å². The summed E-state index contributed by atoms with van der Waals surface area (Å²) in [5.41, 5.74) is 5.24. The van der Waals surface area contributed by atoms with E-state index in [1.54, 1.807) is 0 Å². The number of nitrogens with zero attached hydrogens (tertiary/aromatic N) is 3. The van der Waals surface area contributed by atoms with Crippen LogP contribution in [0.15, 0.2) is 0 Å². The van der Waals surface area contributed by atoms with Crippen molar-refractivity contribution in [3.05, 3.63) is 0 Å². The van der Waals surface area contributed by atoms with Gasteiger partial charge in [0.25, 0.3) is 0 Å². The van der Waals surface area contributed by atoms with Crippen LogP contribution in [0.3, 0.4) is 0 Å². The zero-order valence-corrected chi connectivity index (χ0v) is 12.1. The van der Waals surface area contributed by atoms with Crippen molar-refractivity contribution in [3.63, 3.8) is 0 Å². The van der Waals surface area contributed by atoms with Crippen LogP contribution < -0.4 is 5.73 Å². The molecule has 0 bridgehead atoms. The monoisotopic (exact) mass is 266 g/mol. The van der Waals surface area contributed by atoms with Crippen molar-refractivity contribution in [1.29, 1.82) is 5.26 Å². The molecule has 0 aliphatic carbocycles. The third-order valence-corrected chi connectivity index (χ3v) is 4.36. The van der Waals surface area contributed by atoms with Gasteiger partial charge in [0.1, 0.15) is 5.54 Å². The molecular formula is C14H26N4O. The smallest absolute Gasteiger partial charge is 0.102 e. The second-order valence-electron chi connectivity index (χ2n) is 6.17. The van der Waals surface area contributed by atoms with Crippen LogP contribution in [0.2, 0.25) is 0 Å². The molecule has 0 aromatic heterocycles. The maximum absolute atomic E-state index is 9.03. The lowest BCUT2D eigenvalue weighted by atomic mass is 9.96. The molecule has 2 N–H and O–H groups in total. The topological polar surface area (TPSA) is 65.5 Å². The molecule has 19 heavy (non-hydrogen) atoms. The Morgan fingerprint density at radius 3 is 2.74 bits per heavy atom. The SMILES string of the molecule is CC(CC(C)(N)C#N)N1CCC(N2CCOCC2)C1. The number of hydrogen-bond acceptors (Lipinski definition) is 5. The van der Waals surface area contributed by atoms with E-state index in [0.29, 0.717) is 12.1 Å². The van der Waals surface area contributed by atoms with E-state index in [1.807, 2.05) is 6.92 Å². The van der Waals surface area contributed by atoms with Crippen molar-refractivity contribution in [1.82, 2.24) is 9.80 Å². The van der Waals surface area contributed by atoms with Crippen molar-refractivity contribution in [2.45, 2.75) is 44.3 Å². The highest BCUT2D eigenvalue weighted by Gasteiger charge is 2.33. The van der Waals surface area contributed by atoms with E-state index in [2.05, 4.69) is 22.8 Å². The third kappa shape index (κ3) is 3.90. The fourth-order valence-electron chi connectivity index (χ4n) is 3.20. The maximum Gasteiger partial charge on any atom is 0.102 e. The molecule has 108 valence electrons. The predicted molar refractivity (Wildman–Crippen MR) is 74.7 cm³/mol. The molecule has 5 nitrogen and oxygen atoms in total. The van der Waals surface area contributed by atoms with Gasteiger partial charge in [-0.05, 0) is 26.7 Å². The summed E-state index contributed by atoms with van der Waals surface area (Å²) in [6, 6.07) is 3.22. The van der Waals surface area contributed by atoms with E-state index >= 15 is 0 Å². The summed E-state index contributed by atoms with van der Waals surface area (Å²) >= 11 is 0. The number of morpholine rings is 1. The molecule has 5 heteroatoms. The molecule has 3 atom stereocenters. The summed E-state index contributed by atoms with van der Waals surface area (Å²) in [7, 11) is 0. The van der Waals surface area contributed by atoms with Crippen LogP contribution in [0.5, 0.6) is 0 Å². The van der Waals surface area contributed by atoms with Crippen LogP contribution in [-0.2, 0) is 4.74 Å². The van der Waals surface area contributed by atoms with Gasteiger partial charge < -0.3 is 10.5 Å². The van der Waals surface area contributed by atoms with E-state index < -0.39 is 5.54 Å². The predicted octanol–water partition coefficient (Wildman–Crippen LogP) is 0.412. The van der Waals surface area contributed by atoms with Crippen molar-refractivity contribution >= 4 is 0 Å². The second kappa shape index (κ2) is 6.19. The molecule has 2 heterocycles. The first-order chi connectivity index (χ1) is 9.02. The Kier molecular flexibility index (Phi) is 4.80. The van der Waals surface area contributed by atoms with E-state index in [0.717, 1.165) is 45.8 Å². The van der Waals surface area contributed by atoms with Crippen LogP contribution in [0, 0.1) is 11.3 Å². The highest BCUT2D eigenvalue weighted by molar-refractivity contribution is 5.03. The van der Waals surface area contributed by atoms with Crippen LogP contribution in [-0.4, -0.2) is 66.8 Å². The van der Waals surface area contributed by atoms with E-state index in [1.165, 1.54) is 6.42 Å². The van der Waals surface area contributed by atoms with Gasteiger partial charge in [-0.25, -0.2) is 0 Å². The standard InChI is InChI=1S/C14H26N4O/c1-12(9-14(2,16)11-15)18-4-3-13(10-18)17-5-7-19-8-6-17/h12-13H,3-10,16H2,1-2H3. The van der Waals surface area contributed by atoms with Gasteiger partial charge in [0.05, 0.1) is 19.3 Å².